The summed E-state index contributed by atoms with van der Waals surface area (Å²) >= 11 is 0. The minimum atomic E-state index is -0.960. The fraction of sp³-hybridized carbons (Fsp3) is 0.348. The molecule has 0 aliphatic carbocycles. The first-order valence-corrected chi connectivity index (χ1v) is 38.2. The smallest absolute Gasteiger partial charge is 0.146 e. The molecular weight excluding hydrogens is 1420 g/mol. The van der Waals surface area contributed by atoms with Crippen LogP contribution in [0, 0.1) is 0 Å². The summed E-state index contributed by atoms with van der Waals surface area (Å²) in [4.78, 5) is 3.20. The second-order valence-electron chi connectivity index (χ2n) is 28.0. The number of nitrogens with zero attached hydrogens (tertiary/aromatic N) is 9. The number of aromatic nitrogens is 6. The Bertz CT molecular complexity index is 4530. The van der Waals surface area contributed by atoms with E-state index in [-0.39, 0.29) is 85.9 Å². The number of methoxy groups -OCH3 is 1. The Morgan fingerprint density at radius 3 is 0.893 bits per heavy atom. The fourth-order valence-corrected chi connectivity index (χ4v) is 14.5. The van der Waals surface area contributed by atoms with E-state index < -0.39 is 91.6 Å². The predicted molar refractivity (Wildman–Crippen MR) is 416 cm³/mol. The minimum absolute atomic E-state index is 0.0680. The molecule has 0 bridgehead atoms. The molecule has 2 aromatic heterocycles. The summed E-state index contributed by atoms with van der Waals surface area (Å²) in [6, 6.07) is 89.9. The molecule has 5 heterocycles. The van der Waals surface area contributed by atoms with Gasteiger partial charge in [0.25, 0.3) is 0 Å². The summed E-state index contributed by atoms with van der Waals surface area (Å²) in [7, 11) is 1.60. The van der Waals surface area contributed by atoms with Gasteiger partial charge >= 0.3 is 0 Å². The number of ether oxygens (including phenoxy) is 14. The highest BCUT2D eigenvalue weighted by molar-refractivity contribution is 5.23. The van der Waals surface area contributed by atoms with Crippen molar-refractivity contribution < 1.29 is 66.3 Å². The monoisotopic (exact) mass is 1510 g/mol. The SMILES string of the molecule is COCOCC[C@H]1O[C@H](Cn2cc([C@H]3O[C@H](Cn4cc([C@H]5O[C@H](CN=[N+]=[N-])[C@@H](OCc6ccccc6)[C@H](OCc6ccccc6)[C@@H]5OCc5ccccc5)nn4)[C@@H](OCc4ccccc4)[C@H](OCc4ccccc4)[C@@H]3OCc3ccccc3)nn2)[C@@H](OCc2ccccc2)[C@H](OCc2ccccc2)[C@@H]1OCc1ccccc1. The molecule has 112 heavy (non-hydrogen) atoms. The molecule has 580 valence electrons. The van der Waals surface area contributed by atoms with E-state index >= 15 is 0 Å². The largest absolute Gasteiger partial charge is 0.368 e. The quantitative estimate of drug-likeness (QED) is 0.0114. The summed E-state index contributed by atoms with van der Waals surface area (Å²) in [6.45, 7) is 2.52. The summed E-state index contributed by atoms with van der Waals surface area (Å²) < 4.78 is 101. The highest BCUT2D eigenvalue weighted by atomic mass is 16.7. The number of hydrogen-bond acceptors (Lipinski definition) is 19. The highest BCUT2D eigenvalue weighted by Gasteiger charge is 2.53. The zero-order valence-electron chi connectivity index (χ0n) is 62.6. The van der Waals surface area contributed by atoms with Crippen molar-refractivity contribution in [3.8, 4) is 0 Å². The average Bonchev–Trinajstić information content (AvgIpc) is 1.31. The van der Waals surface area contributed by atoms with E-state index in [1.54, 1.807) is 16.5 Å². The third-order valence-electron chi connectivity index (χ3n) is 20.1. The third kappa shape index (κ3) is 22.0. The van der Waals surface area contributed by atoms with Crippen molar-refractivity contribution in [1.82, 2.24) is 30.0 Å². The van der Waals surface area contributed by atoms with Crippen LogP contribution in [0.15, 0.2) is 290 Å². The van der Waals surface area contributed by atoms with Crippen LogP contribution in [-0.4, -0.2) is 136 Å². The van der Waals surface area contributed by atoms with E-state index in [2.05, 4.69) is 10.0 Å². The van der Waals surface area contributed by atoms with Gasteiger partial charge in [-0.05, 0) is 62.0 Å². The number of benzene rings is 9. The van der Waals surface area contributed by atoms with Crippen molar-refractivity contribution in [1.29, 1.82) is 0 Å². The van der Waals surface area contributed by atoms with Gasteiger partial charge in [-0.1, -0.05) is 289 Å². The highest BCUT2D eigenvalue weighted by Crippen LogP contribution is 2.42. The van der Waals surface area contributed by atoms with Crippen LogP contribution >= 0.6 is 0 Å². The van der Waals surface area contributed by atoms with Gasteiger partial charge in [0.05, 0.1) is 110 Å². The third-order valence-corrected chi connectivity index (χ3v) is 20.1. The zero-order chi connectivity index (χ0) is 76.1. The Morgan fingerprint density at radius 1 is 0.330 bits per heavy atom. The molecule has 3 saturated heterocycles. The van der Waals surface area contributed by atoms with Crippen LogP contribution in [0.4, 0.5) is 0 Å². The summed E-state index contributed by atoms with van der Waals surface area (Å²) in [5.74, 6) is 0. The van der Waals surface area contributed by atoms with Crippen LogP contribution in [0.1, 0.15) is 80.1 Å². The molecule has 0 radical (unpaired) electrons. The molecule has 0 spiro atoms. The van der Waals surface area contributed by atoms with Crippen molar-refractivity contribution in [2.45, 2.75) is 171 Å². The lowest BCUT2D eigenvalue weighted by atomic mass is 9.91. The minimum Gasteiger partial charge on any atom is -0.368 e. The average molecular weight is 1510 g/mol. The second kappa shape index (κ2) is 41.5. The fourth-order valence-electron chi connectivity index (χ4n) is 14.5. The van der Waals surface area contributed by atoms with Crippen molar-refractivity contribution in [2.24, 2.45) is 5.11 Å². The molecule has 0 saturated carbocycles. The summed E-state index contributed by atoms with van der Waals surface area (Å²) in [6.07, 6.45) is -7.72. The van der Waals surface area contributed by atoms with Crippen molar-refractivity contribution in [2.75, 3.05) is 27.1 Å². The van der Waals surface area contributed by atoms with Crippen molar-refractivity contribution in [3.05, 3.63) is 357 Å². The lowest BCUT2D eigenvalue weighted by Crippen LogP contribution is -2.61. The van der Waals surface area contributed by atoms with Gasteiger partial charge in [-0.3, -0.25) is 0 Å². The van der Waals surface area contributed by atoms with Crippen molar-refractivity contribution >= 4 is 0 Å². The molecule has 15 atom stereocenters. The first-order chi connectivity index (χ1) is 55.4. The molecule has 0 unspecified atom stereocenters. The Hall–Kier alpha value is -9.99. The molecular formula is C89H95N9O14. The molecule has 23 nitrogen and oxygen atoms in total. The first-order valence-electron chi connectivity index (χ1n) is 38.2. The summed E-state index contributed by atoms with van der Waals surface area (Å²) in [5.41, 5.74) is 19.3. The molecule has 3 fully saturated rings. The number of azide groups is 1. The zero-order valence-corrected chi connectivity index (χ0v) is 62.6. The molecule has 0 N–H and O–H groups in total. The van der Waals surface area contributed by atoms with Crippen LogP contribution in [0.5, 0.6) is 0 Å². The van der Waals surface area contributed by atoms with E-state index in [9.17, 15) is 5.53 Å². The molecule has 14 rings (SSSR count). The van der Waals surface area contributed by atoms with E-state index in [0.717, 1.165) is 50.1 Å². The molecule has 9 aromatic carbocycles. The van der Waals surface area contributed by atoms with Gasteiger partial charge in [-0.15, -0.1) is 10.2 Å². The lowest BCUT2D eigenvalue weighted by molar-refractivity contribution is -0.271. The van der Waals surface area contributed by atoms with Crippen LogP contribution in [0.25, 0.3) is 10.4 Å². The Morgan fingerprint density at radius 2 is 0.589 bits per heavy atom. The molecule has 3 aliphatic rings. The van der Waals surface area contributed by atoms with Crippen LogP contribution < -0.4 is 0 Å². The van der Waals surface area contributed by atoms with Gasteiger partial charge in [0.1, 0.15) is 97.5 Å². The van der Waals surface area contributed by atoms with Gasteiger partial charge in [0.2, 0.25) is 0 Å². The van der Waals surface area contributed by atoms with E-state index in [0.29, 0.717) is 24.4 Å². The van der Waals surface area contributed by atoms with Crippen LogP contribution in [0.2, 0.25) is 0 Å². The lowest BCUT2D eigenvalue weighted by Gasteiger charge is -2.46. The Kier molecular flexibility index (Phi) is 29.2. The molecule has 11 aromatic rings. The maximum atomic E-state index is 9.93. The standard InChI is InChI=1S/C89H95N9O14/c1-99-63-100-48-47-75-81(101-54-64-29-11-2-12-30-64)87(107-60-70-41-23-8-24-42-70)83(103-56-66-33-15-4-16-34-66)77(110-75)52-97-51-74(93-95-97)80-86(106-59-69-39-21-7-22-40-69)89(109-62-72-45-27-10-28-46-72)84(104-57-67-35-17-5-18-36-67)78(112-80)53-98-50-73(92-96-98)79-85(105-58-68-37-19-6-20-38-68)88(108-61-71-43-25-9-26-44-71)82(76(111-79)49-91-94-90)102-55-65-31-13-3-14-32-65/h2-46,50-51,75-89H,47-49,52-63H2,1H3/t75-,76-,77-,78-,79-,80-,81-,82-,83-,84-,85-,86-,87-,88+,89+/m1/s1. The van der Waals surface area contributed by atoms with E-state index in [1.165, 1.54) is 0 Å². The number of hydrogen-bond donors (Lipinski definition) is 0. The van der Waals surface area contributed by atoms with E-state index in [4.69, 9.17) is 86.9 Å². The van der Waals surface area contributed by atoms with Gasteiger partial charge in [-0.25, -0.2) is 9.36 Å². The predicted octanol–water partition coefficient (Wildman–Crippen LogP) is 14.8. The molecule has 0 amide bonds. The Balaban J connectivity index is 0.834. The number of rotatable bonds is 40. The van der Waals surface area contributed by atoms with Crippen molar-refractivity contribution in [3.63, 3.8) is 0 Å². The van der Waals surface area contributed by atoms with Crippen LogP contribution in [-0.2, 0) is 139 Å². The summed E-state index contributed by atoms with van der Waals surface area (Å²) in [5, 5.41) is 23.9. The maximum Gasteiger partial charge on any atom is 0.146 e. The first kappa shape index (κ1) is 78.7. The second-order valence-corrected chi connectivity index (χ2v) is 28.0. The molecule has 3 aliphatic heterocycles. The van der Waals surface area contributed by atoms with Gasteiger partial charge in [-0.2, -0.15) is 0 Å². The Labute approximate surface area is 653 Å². The molecule has 23 heteroatoms. The van der Waals surface area contributed by atoms with E-state index in [1.807, 2.05) is 285 Å². The van der Waals surface area contributed by atoms with Gasteiger partial charge in [0, 0.05) is 12.0 Å². The van der Waals surface area contributed by atoms with Gasteiger partial charge < -0.3 is 66.3 Å². The van der Waals surface area contributed by atoms with Crippen LogP contribution in [0.3, 0.4) is 0 Å². The maximum absolute atomic E-state index is 9.93. The van der Waals surface area contributed by atoms with Gasteiger partial charge in [0.15, 0.2) is 0 Å². The topological polar surface area (TPSA) is 239 Å². The normalized spacial score (nSPS) is 23.8.